The van der Waals surface area contributed by atoms with Crippen LogP contribution in [0.5, 0.6) is 5.75 Å². The van der Waals surface area contributed by atoms with E-state index < -0.39 is 53.5 Å². The second-order valence-corrected chi connectivity index (χ2v) is 12.9. The third-order valence-corrected chi connectivity index (χ3v) is 6.97. The van der Waals surface area contributed by atoms with E-state index in [2.05, 4.69) is 10.6 Å². The highest BCUT2D eigenvalue weighted by molar-refractivity contribution is 6.61. The predicted octanol–water partition coefficient (Wildman–Crippen LogP) is 6.05. The van der Waals surface area contributed by atoms with Crippen LogP contribution in [0.4, 0.5) is 9.59 Å². The summed E-state index contributed by atoms with van der Waals surface area (Å²) in [5, 5.41) is 5.67. The molecule has 3 rings (SSSR count). The molecule has 1 aliphatic rings. The number of nitrogens with one attached hydrogen (secondary N) is 2. The van der Waals surface area contributed by atoms with Crippen LogP contribution >= 0.6 is 11.6 Å². The molecule has 1 unspecified atom stereocenters. The summed E-state index contributed by atoms with van der Waals surface area (Å²) in [7, 11) is 0. The first kappa shape index (κ1) is 36.8. The summed E-state index contributed by atoms with van der Waals surface area (Å²) in [6.07, 6.45) is 0.225. The van der Waals surface area contributed by atoms with Gasteiger partial charge in [-0.05, 0) is 82.1 Å². The van der Waals surface area contributed by atoms with Crippen LogP contribution in [0.25, 0.3) is 0 Å². The third-order valence-electron chi connectivity index (χ3n) is 6.86. The second kappa shape index (κ2) is 17.9. The maximum absolute atomic E-state index is 14.1. The SMILES string of the molecule is CC(C)C[C@H](NC(=O)[C@@H](OC1CCCCO1)[C@@H](Cc1ccccc1)NC(=O)OC(C)(C)C)C(=O)Oc1ccc(COC(=O)Cl)cc1. The zero-order valence-electron chi connectivity index (χ0n) is 27.1. The van der Waals surface area contributed by atoms with Crippen molar-refractivity contribution in [3.05, 3.63) is 65.7 Å². The first-order chi connectivity index (χ1) is 21.8. The minimum atomic E-state index is -1.23. The second-order valence-electron chi connectivity index (χ2n) is 12.6. The lowest BCUT2D eigenvalue weighted by Crippen LogP contribution is -2.57. The van der Waals surface area contributed by atoms with Gasteiger partial charge in [-0.1, -0.05) is 56.3 Å². The quantitative estimate of drug-likeness (QED) is 0.141. The van der Waals surface area contributed by atoms with Crippen LogP contribution in [0.2, 0.25) is 0 Å². The van der Waals surface area contributed by atoms with Gasteiger partial charge in [-0.15, -0.1) is 0 Å². The Morgan fingerprint density at radius 3 is 2.24 bits per heavy atom. The van der Waals surface area contributed by atoms with E-state index in [1.165, 1.54) is 0 Å². The first-order valence-electron chi connectivity index (χ1n) is 15.5. The molecule has 0 radical (unpaired) electrons. The summed E-state index contributed by atoms with van der Waals surface area (Å²) in [4.78, 5) is 51.4. The number of ether oxygens (including phenoxy) is 5. The molecule has 1 aliphatic heterocycles. The summed E-state index contributed by atoms with van der Waals surface area (Å²) < 4.78 is 28.0. The molecule has 1 heterocycles. The zero-order valence-corrected chi connectivity index (χ0v) is 27.8. The van der Waals surface area contributed by atoms with Crippen LogP contribution in [-0.2, 0) is 41.6 Å². The summed E-state index contributed by atoms with van der Waals surface area (Å²) in [5.41, 5.74) is -0.192. The highest BCUT2D eigenvalue weighted by Gasteiger charge is 2.37. The molecule has 0 bridgehead atoms. The largest absolute Gasteiger partial charge is 0.449 e. The van der Waals surface area contributed by atoms with Crippen molar-refractivity contribution in [2.24, 2.45) is 5.92 Å². The number of carbonyl (C=O) groups is 4. The van der Waals surface area contributed by atoms with Crippen LogP contribution < -0.4 is 15.4 Å². The lowest BCUT2D eigenvalue weighted by atomic mass is 9.99. The molecule has 2 N–H and O–H groups in total. The maximum atomic E-state index is 14.1. The van der Waals surface area contributed by atoms with Crippen LogP contribution in [0.3, 0.4) is 0 Å². The van der Waals surface area contributed by atoms with E-state index in [0.717, 1.165) is 18.4 Å². The molecule has 46 heavy (non-hydrogen) atoms. The average molecular weight is 661 g/mol. The Hall–Kier alpha value is -3.67. The van der Waals surface area contributed by atoms with E-state index >= 15 is 0 Å². The summed E-state index contributed by atoms with van der Waals surface area (Å²) in [6, 6.07) is 13.9. The van der Waals surface area contributed by atoms with Gasteiger partial charge >= 0.3 is 17.5 Å². The highest BCUT2D eigenvalue weighted by Crippen LogP contribution is 2.21. The molecule has 0 spiro atoms. The molecule has 0 aromatic heterocycles. The van der Waals surface area contributed by atoms with Gasteiger partial charge in [0, 0.05) is 18.2 Å². The van der Waals surface area contributed by atoms with E-state index in [-0.39, 0.29) is 31.1 Å². The van der Waals surface area contributed by atoms with Crippen LogP contribution in [0.15, 0.2) is 54.6 Å². The fourth-order valence-corrected chi connectivity index (χ4v) is 4.86. The molecule has 252 valence electrons. The molecular formula is C34H45ClN2O9. The lowest BCUT2D eigenvalue weighted by molar-refractivity contribution is -0.197. The molecule has 1 saturated heterocycles. The van der Waals surface area contributed by atoms with Crippen LogP contribution in [0, 0.1) is 5.92 Å². The number of rotatable bonds is 14. The Bertz CT molecular complexity index is 1280. The van der Waals surface area contributed by atoms with Gasteiger partial charge in [0.25, 0.3) is 5.91 Å². The van der Waals surface area contributed by atoms with Crippen molar-refractivity contribution in [2.45, 2.75) is 103 Å². The number of esters is 1. The number of hydrogen-bond donors (Lipinski definition) is 2. The maximum Gasteiger partial charge on any atom is 0.407 e. The molecule has 12 heteroatoms. The van der Waals surface area contributed by atoms with Gasteiger partial charge in [-0.25, -0.2) is 14.4 Å². The van der Waals surface area contributed by atoms with Gasteiger partial charge < -0.3 is 34.3 Å². The van der Waals surface area contributed by atoms with E-state index in [1.54, 1.807) is 45.0 Å². The summed E-state index contributed by atoms with van der Waals surface area (Å²) in [6.45, 7) is 9.54. The van der Waals surface area contributed by atoms with Crippen molar-refractivity contribution < 1.29 is 42.9 Å². The fraction of sp³-hybridized carbons (Fsp3) is 0.529. The Kier molecular flexibility index (Phi) is 14.3. The topological polar surface area (TPSA) is 138 Å². The Labute approximate surface area is 275 Å². The molecule has 2 aromatic rings. The van der Waals surface area contributed by atoms with Crippen molar-refractivity contribution in [3.8, 4) is 5.75 Å². The molecular weight excluding hydrogens is 616 g/mol. The minimum absolute atomic E-state index is 0.0199. The lowest BCUT2D eigenvalue weighted by Gasteiger charge is -2.33. The Balaban J connectivity index is 1.85. The normalized spacial score (nSPS) is 16.9. The Morgan fingerprint density at radius 2 is 1.65 bits per heavy atom. The van der Waals surface area contributed by atoms with Crippen molar-refractivity contribution in [1.29, 1.82) is 0 Å². The monoisotopic (exact) mass is 660 g/mol. The summed E-state index contributed by atoms with van der Waals surface area (Å²) >= 11 is 5.22. The number of hydrogen-bond acceptors (Lipinski definition) is 9. The first-order valence-corrected chi connectivity index (χ1v) is 15.9. The molecule has 0 aliphatic carbocycles. The molecule has 1 fully saturated rings. The molecule has 0 saturated carbocycles. The van der Waals surface area contributed by atoms with E-state index in [0.29, 0.717) is 18.6 Å². The van der Waals surface area contributed by atoms with Crippen molar-refractivity contribution in [3.63, 3.8) is 0 Å². The number of carbonyl (C=O) groups excluding carboxylic acids is 4. The minimum Gasteiger partial charge on any atom is -0.449 e. The van der Waals surface area contributed by atoms with E-state index in [4.69, 9.17) is 35.3 Å². The van der Waals surface area contributed by atoms with Gasteiger partial charge in [0.05, 0.1) is 6.04 Å². The van der Waals surface area contributed by atoms with Crippen molar-refractivity contribution >= 4 is 35.0 Å². The number of benzene rings is 2. The molecule has 2 aromatic carbocycles. The number of alkyl carbamates (subject to hydrolysis) is 1. The van der Waals surface area contributed by atoms with E-state index in [9.17, 15) is 19.2 Å². The molecule has 11 nitrogen and oxygen atoms in total. The van der Waals surface area contributed by atoms with E-state index in [1.807, 2.05) is 44.2 Å². The van der Waals surface area contributed by atoms with Gasteiger partial charge in [0.2, 0.25) is 0 Å². The standard InChI is InChI=1S/C34H45ClN2O9/c1-22(2)19-27(31(39)44-25-16-14-24(15-17-25)21-43-32(35)40)36-30(38)29(45-28-13-9-10-18-42-28)26(20-23-11-7-6-8-12-23)37-33(41)46-34(3,4)5/h6-8,11-12,14-17,22,26-29H,9-10,13,18-21H2,1-5H3,(H,36,38)(H,37,41)/t26-,27+,28?,29+/m1/s1. The average Bonchev–Trinajstić information content (AvgIpc) is 2.98. The van der Waals surface area contributed by atoms with Crippen LogP contribution in [0.1, 0.15) is 71.4 Å². The zero-order chi connectivity index (χ0) is 33.7. The van der Waals surface area contributed by atoms with Gasteiger partial charge in [-0.3, -0.25) is 4.79 Å². The number of halogens is 1. The molecule has 2 amide bonds. The van der Waals surface area contributed by atoms with Crippen LogP contribution in [-0.4, -0.2) is 60.1 Å². The van der Waals surface area contributed by atoms with Gasteiger partial charge in [0.1, 0.15) is 24.0 Å². The Morgan fingerprint density at radius 1 is 0.957 bits per heavy atom. The third kappa shape index (κ3) is 13.4. The smallest absolute Gasteiger partial charge is 0.407 e. The van der Waals surface area contributed by atoms with Gasteiger partial charge in [-0.2, -0.15) is 0 Å². The highest BCUT2D eigenvalue weighted by atomic mass is 35.5. The predicted molar refractivity (Wildman–Crippen MR) is 171 cm³/mol. The van der Waals surface area contributed by atoms with Crippen molar-refractivity contribution in [1.82, 2.24) is 10.6 Å². The number of amides is 2. The fourth-order valence-electron chi connectivity index (χ4n) is 4.80. The van der Waals surface area contributed by atoms with Gasteiger partial charge in [0.15, 0.2) is 12.4 Å². The molecule has 4 atom stereocenters. The summed E-state index contributed by atoms with van der Waals surface area (Å²) in [5.74, 6) is -1.02. The van der Waals surface area contributed by atoms with Crippen molar-refractivity contribution in [2.75, 3.05) is 6.61 Å².